The second-order valence-electron chi connectivity index (χ2n) is 5.36. The van der Waals surface area contributed by atoms with Gasteiger partial charge in [0.25, 0.3) is 5.69 Å². The van der Waals surface area contributed by atoms with Gasteiger partial charge in [-0.05, 0) is 44.5 Å². The van der Waals surface area contributed by atoms with Crippen molar-refractivity contribution >= 4 is 46.0 Å². The van der Waals surface area contributed by atoms with Crippen LogP contribution < -0.4 is 4.90 Å². The van der Waals surface area contributed by atoms with Crippen LogP contribution in [0.3, 0.4) is 0 Å². The van der Waals surface area contributed by atoms with E-state index in [4.69, 9.17) is 23.2 Å². The minimum absolute atomic E-state index is 0.0837. The van der Waals surface area contributed by atoms with Gasteiger partial charge in [0.1, 0.15) is 5.69 Å². The summed E-state index contributed by atoms with van der Waals surface area (Å²) in [6.07, 6.45) is 0. The summed E-state index contributed by atoms with van der Waals surface area (Å²) < 4.78 is 0. The lowest BCUT2D eigenvalue weighted by Crippen LogP contribution is -2.21. The van der Waals surface area contributed by atoms with Crippen molar-refractivity contribution in [1.82, 2.24) is 0 Å². The number of hydrogen-bond acceptors (Lipinski definition) is 5. The molecule has 8 heteroatoms. The second-order valence-corrected chi connectivity index (χ2v) is 6.17. The molecule has 132 valence electrons. The fourth-order valence-electron chi connectivity index (χ4n) is 2.39. The number of azo groups is 1. The first-order chi connectivity index (χ1) is 11.9. The first-order valence-corrected chi connectivity index (χ1v) is 8.53. The molecule has 0 bridgehead atoms. The summed E-state index contributed by atoms with van der Waals surface area (Å²) >= 11 is 12.1. The van der Waals surface area contributed by atoms with Crippen LogP contribution in [0.15, 0.2) is 40.6 Å². The van der Waals surface area contributed by atoms with E-state index >= 15 is 0 Å². The van der Waals surface area contributed by atoms with Crippen LogP contribution in [-0.2, 0) is 0 Å². The zero-order valence-electron chi connectivity index (χ0n) is 14.2. The van der Waals surface area contributed by atoms with E-state index in [0.717, 1.165) is 24.3 Å². The molecule has 0 aliphatic rings. The molecule has 0 aliphatic carbocycles. The largest absolute Gasteiger partial charge is 0.372 e. The van der Waals surface area contributed by atoms with Gasteiger partial charge in [-0.1, -0.05) is 23.2 Å². The molecule has 2 rings (SSSR count). The zero-order valence-corrected chi connectivity index (χ0v) is 15.7. The Hall–Kier alpha value is -2.18. The third-order valence-electron chi connectivity index (χ3n) is 3.78. The maximum absolute atomic E-state index is 10.8. The molecule has 0 atom stereocenters. The third-order valence-corrected chi connectivity index (χ3v) is 4.36. The molecule has 0 aliphatic heterocycles. The van der Waals surface area contributed by atoms with Gasteiger partial charge in [-0.2, -0.15) is 5.11 Å². The summed E-state index contributed by atoms with van der Waals surface area (Å²) in [5.41, 5.74) is 2.78. The summed E-state index contributed by atoms with van der Waals surface area (Å²) in [6, 6.07) is 8.31. The topological polar surface area (TPSA) is 71.1 Å². The lowest BCUT2D eigenvalue weighted by molar-refractivity contribution is -0.384. The van der Waals surface area contributed by atoms with Crippen LogP contribution in [0.1, 0.15) is 19.4 Å². The van der Waals surface area contributed by atoms with E-state index in [1.54, 1.807) is 0 Å². The Labute approximate surface area is 156 Å². The number of benzene rings is 2. The van der Waals surface area contributed by atoms with Gasteiger partial charge < -0.3 is 4.90 Å². The van der Waals surface area contributed by atoms with Crippen molar-refractivity contribution in [2.75, 3.05) is 18.0 Å². The maximum Gasteiger partial charge on any atom is 0.272 e. The van der Waals surface area contributed by atoms with Crippen molar-refractivity contribution in [3.63, 3.8) is 0 Å². The van der Waals surface area contributed by atoms with Gasteiger partial charge in [0.05, 0.1) is 20.7 Å². The summed E-state index contributed by atoms with van der Waals surface area (Å²) in [5, 5.41) is 19.2. The number of rotatable bonds is 6. The van der Waals surface area contributed by atoms with Gasteiger partial charge in [-0.3, -0.25) is 10.1 Å². The fraction of sp³-hybridized carbons (Fsp3) is 0.294. The molecule has 0 spiro atoms. The number of nitro benzene ring substituents is 1. The molecule has 0 saturated heterocycles. The van der Waals surface area contributed by atoms with Crippen molar-refractivity contribution in [2.24, 2.45) is 10.2 Å². The van der Waals surface area contributed by atoms with Gasteiger partial charge in [0.2, 0.25) is 0 Å². The maximum atomic E-state index is 10.8. The summed E-state index contributed by atoms with van der Waals surface area (Å²) in [4.78, 5) is 12.5. The van der Waals surface area contributed by atoms with E-state index in [2.05, 4.69) is 29.0 Å². The van der Waals surface area contributed by atoms with Gasteiger partial charge >= 0.3 is 0 Å². The molecule has 0 heterocycles. The molecule has 0 fully saturated rings. The van der Waals surface area contributed by atoms with Crippen LogP contribution in [-0.4, -0.2) is 18.0 Å². The number of anilines is 1. The molecule has 0 aromatic heterocycles. The standard InChI is InChI=1S/C17H18Cl2N4O2/c1-4-22(5-2)12-6-7-16(11(3)8-12)20-21-17-14(18)9-13(23(24)25)10-15(17)19/h6-10H,4-5H2,1-3H3. The van der Waals surface area contributed by atoms with Crippen LogP contribution >= 0.6 is 23.2 Å². The van der Waals surface area contributed by atoms with E-state index in [-0.39, 0.29) is 21.4 Å². The summed E-state index contributed by atoms with van der Waals surface area (Å²) in [5.74, 6) is 0. The van der Waals surface area contributed by atoms with E-state index in [1.165, 1.54) is 12.1 Å². The highest BCUT2D eigenvalue weighted by molar-refractivity contribution is 6.39. The minimum atomic E-state index is -0.561. The quantitative estimate of drug-likeness (QED) is 0.327. The van der Waals surface area contributed by atoms with Crippen molar-refractivity contribution in [2.45, 2.75) is 20.8 Å². The molecule has 0 unspecified atom stereocenters. The van der Waals surface area contributed by atoms with Crippen LogP contribution in [0, 0.1) is 17.0 Å². The number of aryl methyl sites for hydroxylation is 1. The minimum Gasteiger partial charge on any atom is -0.372 e. The smallest absolute Gasteiger partial charge is 0.272 e. The van der Waals surface area contributed by atoms with Crippen LogP contribution in [0.5, 0.6) is 0 Å². The van der Waals surface area contributed by atoms with Crippen molar-refractivity contribution in [3.8, 4) is 0 Å². The fourth-order valence-corrected chi connectivity index (χ4v) is 2.95. The predicted octanol–water partition coefficient (Wildman–Crippen LogP) is 6.47. The number of nitro groups is 1. The number of hydrogen-bond donors (Lipinski definition) is 0. The van der Waals surface area contributed by atoms with Crippen LogP contribution in [0.2, 0.25) is 10.0 Å². The van der Waals surface area contributed by atoms with Crippen molar-refractivity contribution < 1.29 is 4.92 Å². The summed E-state index contributed by atoms with van der Waals surface area (Å²) in [7, 11) is 0. The molecular weight excluding hydrogens is 363 g/mol. The lowest BCUT2D eigenvalue weighted by Gasteiger charge is -2.21. The summed E-state index contributed by atoms with van der Waals surface area (Å²) in [6.45, 7) is 7.99. The predicted molar refractivity (Wildman–Crippen MR) is 102 cm³/mol. The SMILES string of the molecule is CCN(CC)c1ccc(N=Nc2c(Cl)cc([N+](=O)[O-])cc2Cl)c(C)c1. The Morgan fingerprint density at radius 3 is 2.16 bits per heavy atom. The van der Waals surface area contributed by atoms with Gasteiger partial charge in [-0.15, -0.1) is 5.11 Å². The molecule has 0 radical (unpaired) electrons. The van der Waals surface area contributed by atoms with Crippen molar-refractivity contribution in [1.29, 1.82) is 0 Å². The molecule has 2 aromatic rings. The van der Waals surface area contributed by atoms with E-state index in [0.29, 0.717) is 5.69 Å². The molecule has 2 aromatic carbocycles. The average Bonchev–Trinajstić information content (AvgIpc) is 2.56. The third kappa shape index (κ3) is 4.46. The van der Waals surface area contributed by atoms with Crippen molar-refractivity contribution in [3.05, 3.63) is 56.1 Å². The van der Waals surface area contributed by atoms with Gasteiger partial charge in [-0.25, -0.2) is 0 Å². The highest BCUT2D eigenvalue weighted by atomic mass is 35.5. The van der Waals surface area contributed by atoms with Gasteiger partial charge in [0, 0.05) is 30.9 Å². The lowest BCUT2D eigenvalue weighted by atomic mass is 10.1. The number of halogens is 2. The Balaban J connectivity index is 2.32. The molecule has 0 N–H and O–H groups in total. The second kappa shape index (κ2) is 8.27. The molecule has 25 heavy (non-hydrogen) atoms. The Kier molecular flexibility index (Phi) is 6.33. The molecule has 0 saturated carbocycles. The molecule has 0 amide bonds. The number of nitrogens with zero attached hydrogens (tertiary/aromatic N) is 4. The van der Waals surface area contributed by atoms with Crippen LogP contribution in [0.25, 0.3) is 0 Å². The highest BCUT2D eigenvalue weighted by Crippen LogP contribution is 2.38. The van der Waals surface area contributed by atoms with E-state index in [9.17, 15) is 10.1 Å². The molecular formula is C17H18Cl2N4O2. The Morgan fingerprint density at radius 2 is 1.68 bits per heavy atom. The molecule has 6 nitrogen and oxygen atoms in total. The first-order valence-electron chi connectivity index (χ1n) is 7.78. The monoisotopic (exact) mass is 380 g/mol. The average molecular weight is 381 g/mol. The number of non-ortho nitro benzene ring substituents is 1. The van der Waals surface area contributed by atoms with Crippen LogP contribution in [0.4, 0.5) is 22.7 Å². The Bertz CT molecular complexity index is 797. The normalized spacial score (nSPS) is 11.1. The van der Waals surface area contributed by atoms with Gasteiger partial charge in [0.15, 0.2) is 0 Å². The zero-order chi connectivity index (χ0) is 18.6. The highest BCUT2D eigenvalue weighted by Gasteiger charge is 2.14. The Morgan fingerprint density at radius 1 is 1.08 bits per heavy atom. The van der Waals surface area contributed by atoms with E-state index in [1.807, 2.05) is 25.1 Å². The first kappa shape index (κ1) is 19.1. The van der Waals surface area contributed by atoms with E-state index < -0.39 is 4.92 Å².